The number of hydrogen-bond donors (Lipinski definition) is 1. The number of rotatable bonds is 3. The van der Waals surface area contributed by atoms with Crippen LogP contribution in [0.2, 0.25) is 0 Å². The zero-order valence-corrected chi connectivity index (χ0v) is 16.5. The third-order valence-electron chi connectivity index (χ3n) is 5.11. The van der Waals surface area contributed by atoms with Crippen LogP contribution in [0.4, 0.5) is 10.5 Å². The van der Waals surface area contributed by atoms with Gasteiger partial charge in [-0.2, -0.15) is 0 Å². The highest BCUT2D eigenvalue weighted by Gasteiger charge is 2.27. The number of nitrogens with one attached hydrogen (secondary N) is 1. The summed E-state index contributed by atoms with van der Waals surface area (Å²) in [5, 5.41) is 2.90. The standard InChI is InChI=1S/C21H28N4O2/c1-15(2)25-16(3)14-19(17(25)4)20(26)23-10-12-24(13-11-23)21(27)22-18-8-6-5-7-9-18/h5-9,14-15H,10-13H2,1-4H3,(H,22,27). The Labute approximate surface area is 160 Å². The van der Waals surface area contributed by atoms with Crippen molar-refractivity contribution in [2.75, 3.05) is 31.5 Å². The maximum absolute atomic E-state index is 13.0. The van der Waals surface area contributed by atoms with Crippen LogP contribution in [0.3, 0.4) is 0 Å². The van der Waals surface area contributed by atoms with Gasteiger partial charge in [-0.15, -0.1) is 0 Å². The molecule has 144 valence electrons. The van der Waals surface area contributed by atoms with Crippen LogP contribution in [0.15, 0.2) is 36.4 Å². The maximum atomic E-state index is 13.0. The Hall–Kier alpha value is -2.76. The average molecular weight is 368 g/mol. The van der Waals surface area contributed by atoms with Gasteiger partial charge in [0.2, 0.25) is 0 Å². The van der Waals surface area contributed by atoms with Gasteiger partial charge in [-0.3, -0.25) is 4.79 Å². The summed E-state index contributed by atoms with van der Waals surface area (Å²) in [4.78, 5) is 29.0. The van der Waals surface area contributed by atoms with Gasteiger partial charge in [0.25, 0.3) is 5.91 Å². The van der Waals surface area contributed by atoms with Gasteiger partial charge >= 0.3 is 6.03 Å². The fraction of sp³-hybridized carbons (Fsp3) is 0.429. The number of nitrogens with zero attached hydrogens (tertiary/aromatic N) is 3. The number of carbonyl (C=O) groups excluding carboxylic acids is 2. The Morgan fingerprint density at radius 1 is 0.963 bits per heavy atom. The average Bonchev–Trinajstić information content (AvgIpc) is 2.96. The first kappa shape index (κ1) is 19.0. The predicted octanol–water partition coefficient (Wildman–Crippen LogP) is 3.68. The summed E-state index contributed by atoms with van der Waals surface area (Å²) in [6.07, 6.45) is 0. The molecule has 1 saturated heterocycles. The lowest BCUT2D eigenvalue weighted by Crippen LogP contribution is -2.51. The number of aromatic nitrogens is 1. The molecule has 0 unspecified atom stereocenters. The molecule has 0 bridgehead atoms. The van der Waals surface area contributed by atoms with E-state index in [1.165, 1.54) is 0 Å². The van der Waals surface area contributed by atoms with Crippen LogP contribution >= 0.6 is 0 Å². The number of para-hydroxylation sites is 1. The Morgan fingerprint density at radius 2 is 1.56 bits per heavy atom. The van der Waals surface area contributed by atoms with Crippen LogP contribution in [-0.2, 0) is 0 Å². The molecular formula is C21H28N4O2. The van der Waals surface area contributed by atoms with Crippen LogP contribution in [0.5, 0.6) is 0 Å². The molecule has 0 saturated carbocycles. The minimum atomic E-state index is -0.119. The molecule has 1 aliphatic heterocycles. The van der Waals surface area contributed by atoms with Gasteiger partial charge < -0.3 is 19.7 Å². The molecule has 27 heavy (non-hydrogen) atoms. The zero-order valence-electron chi connectivity index (χ0n) is 16.5. The molecule has 6 nitrogen and oxygen atoms in total. The van der Waals surface area contributed by atoms with E-state index < -0.39 is 0 Å². The number of carbonyl (C=O) groups is 2. The van der Waals surface area contributed by atoms with Crippen molar-refractivity contribution in [1.82, 2.24) is 14.4 Å². The van der Waals surface area contributed by atoms with Gasteiger partial charge in [0, 0.05) is 49.3 Å². The van der Waals surface area contributed by atoms with E-state index in [9.17, 15) is 9.59 Å². The van der Waals surface area contributed by atoms with E-state index in [0.29, 0.717) is 32.2 Å². The normalized spacial score (nSPS) is 14.6. The van der Waals surface area contributed by atoms with E-state index in [1.54, 1.807) is 4.90 Å². The number of hydrogen-bond acceptors (Lipinski definition) is 2. The molecule has 3 rings (SSSR count). The van der Waals surface area contributed by atoms with Crippen molar-refractivity contribution in [2.24, 2.45) is 0 Å². The number of piperazine rings is 1. The predicted molar refractivity (Wildman–Crippen MR) is 107 cm³/mol. The topological polar surface area (TPSA) is 57.6 Å². The lowest BCUT2D eigenvalue weighted by molar-refractivity contribution is 0.0671. The van der Waals surface area contributed by atoms with Gasteiger partial charge in [0.1, 0.15) is 0 Å². The first-order valence-electron chi connectivity index (χ1n) is 9.47. The molecule has 1 aromatic carbocycles. The lowest BCUT2D eigenvalue weighted by atomic mass is 10.2. The second-order valence-corrected chi connectivity index (χ2v) is 7.32. The molecule has 6 heteroatoms. The van der Waals surface area contributed by atoms with E-state index in [0.717, 1.165) is 22.6 Å². The van der Waals surface area contributed by atoms with E-state index in [-0.39, 0.29) is 11.9 Å². The lowest BCUT2D eigenvalue weighted by Gasteiger charge is -2.34. The summed E-state index contributed by atoms with van der Waals surface area (Å²) in [7, 11) is 0. The number of urea groups is 1. The van der Waals surface area contributed by atoms with Crippen molar-refractivity contribution in [2.45, 2.75) is 33.7 Å². The second kappa shape index (κ2) is 7.86. The molecule has 3 amide bonds. The summed E-state index contributed by atoms with van der Waals surface area (Å²) in [5.74, 6) is 0.0538. The highest BCUT2D eigenvalue weighted by atomic mass is 16.2. The first-order valence-corrected chi connectivity index (χ1v) is 9.47. The maximum Gasteiger partial charge on any atom is 0.321 e. The molecule has 2 aromatic rings. The molecule has 1 aliphatic rings. The molecule has 1 aromatic heterocycles. The summed E-state index contributed by atoms with van der Waals surface area (Å²) in [5.41, 5.74) is 3.66. The summed E-state index contributed by atoms with van der Waals surface area (Å²) < 4.78 is 2.19. The zero-order chi connectivity index (χ0) is 19.6. The van der Waals surface area contributed by atoms with E-state index in [1.807, 2.05) is 55.1 Å². The molecule has 0 aliphatic carbocycles. The van der Waals surface area contributed by atoms with Crippen molar-refractivity contribution < 1.29 is 9.59 Å². The highest BCUT2D eigenvalue weighted by molar-refractivity contribution is 5.96. The summed E-state index contributed by atoms with van der Waals surface area (Å²) >= 11 is 0. The minimum Gasteiger partial charge on any atom is -0.346 e. The Bertz CT molecular complexity index is 818. The Balaban J connectivity index is 1.61. The van der Waals surface area contributed by atoms with Crippen molar-refractivity contribution in [3.05, 3.63) is 53.3 Å². The summed E-state index contributed by atoms with van der Waals surface area (Å²) in [6.45, 7) is 10.5. The largest absolute Gasteiger partial charge is 0.346 e. The number of aryl methyl sites for hydroxylation is 1. The Kier molecular flexibility index (Phi) is 5.54. The van der Waals surface area contributed by atoms with Gasteiger partial charge in [-0.25, -0.2) is 4.79 Å². The van der Waals surface area contributed by atoms with E-state index in [4.69, 9.17) is 0 Å². The van der Waals surface area contributed by atoms with Gasteiger partial charge in [-0.1, -0.05) is 18.2 Å². The third-order valence-corrected chi connectivity index (χ3v) is 5.11. The number of anilines is 1. The van der Waals surface area contributed by atoms with Gasteiger partial charge in [0.15, 0.2) is 0 Å². The van der Waals surface area contributed by atoms with E-state index in [2.05, 4.69) is 23.7 Å². The molecule has 0 spiro atoms. The molecule has 0 radical (unpaired) electrons. The number of amides is 3. The first-order chi connectivity index (χ1) is 12.9. The molecule has 1 N–H and O–H groups in total. The monoisotopic (exact) mass is 368 g/mol. The molecule has 0 atom stereocenters. The van der Waals surface area contributed by atoms with Gasteiger partial charge in [0.05, 0.1) is 5.56 Å². The summed E-state index contributed by atoms with van der Waals surface area (Å²) in [6, 6.07) is 11.6. The minimum absolute atomic E-state index is 0.0538. The third kappa shape index (κ3) is 3.99. The number of benzene rings is 1. The quantitative estimate of drug-likeness (QED) is 0.898. The molecule has 2 heterocycles. The van der Waals surface area contributed by atoms with Gasteiger partial charge in [-0.05, 0) is 45.9 Å². The molecule has 1 fully saturated rings. The van der Waals surface area contributed by atoms with Crippen LogP contribution in [0.25, 0.3) is 0 Å². The molecular weight excluding hydrogens is 340 g/mol. The van der Waals surface area contributed by atoms with Crippen LogP contribution in [-0.4, -0.2) is 52.5 Å². The fourth-order valence-electron chi connectivity index (χ4n) is 3.80. The van der Waals surface area contributed by atoms with Crippen molar-refractivity contribution in [1.29, 1.82) is 0 Å². The van der Waals surface area contributed by atoms with Crippen LogP contribution in [0, 0.1) is 13.8 Å². The van der Waals surface area contributed by atoms with Crippen molar-refractivity contribution >= 4 is 17.6 Å². The smallest absolute Gasteiger partial charge is 0.321 e. The van der Waals surface area contributed by atoms with Crippen LogP contribution < -0.4 is 5.32 Å². The Morgan fingerprint density at radius 3 is 2.11 bits per heavy atom. The van der Waals surface area contributed by atoms with Crippen molar-refractivity contribution in [3.63, 3.8) is 0 Å². The fourth-order valence-corrected chi connectivity index (χ4v) is 3.80. The van der Waals surface area contributed by atoms with Crippen molar-refractivity contribution in [3.8, 4) is 0 Å². The SMILES string of the molecule is Cc1cc(C(=O)N2CCN(C(=O)Nc3ccccc3)CC2)c(C)n1C(C)C. The van der Waals surface area contributed by atoms with Crippen LogP contribution in [0.1, 0.15) is 41.6 Å². The highest BCUT2D eigenvalue weighted by Crippen LogP contribution is 2.22. The second-order valence-electron chi connectivity index (χ2n) is 7.32. The van der Waals surface area contributed by atoms with E-state index >= 15 is 0 Å².